The van der Waals surface area contributed by atoms with Crippen LogP contribution in [0, 0.1) is 0 Å². The summed E-state index contributed by atoms with van der Waals surface area (Å²) in [6, 6.07) is 0. The van der Waals surface area contributed by atoms with Gasteiger partial charge in [-0.15, -0.1) is 11.6 Å². The molecule has 0 rings (SSSR count). The van der Waals surface area contributed by atoms with E-state index >= 15 is 0 Å². The summed E-state index contributed by atoms with van der Waals surface area (Å²) >= 11 is 9.23. The number of carbonyl (C=O) groups excluding carboxylic acids is 1. The van der Waals surface area contributed by atoms with Crippen molar-refractivity contribution in [2.24, 2.45) is 5.73 Å². The Morgan fingerprint density at radius 3 is 2.42 bits per heavy atom. The van der Waals surface area contributed by atoms with Crippen molar-refractivity contribution < 1.29 is 4.79 Å². The normalized spacial score (nSPS) is 13.2. The standard InChI is InChI=1S/C8H13BrClNO/c1-8(2,10)5-6(9)3-4-7(11)12/h5H,3-4H2,1-2H3,(H2,11,12)/b6-5+. The van der Waals surface area contributed by atoms with Crippen LogP contribution in [-0.2, 0) is 4.79 Å². The number of hydrogen-bond donors (Lipinski definition) is 1. The van der Waals surface area contributed by atoms with Gasteiger partial charge in [0.1, 0.15) is 0 Å². The van der Waals surface area contributed by atoms with E-state index in [4.69, 9.17) is 17.3 Å². The SMILES string of the molecule is CC(C)(Cl)/C=C(/Br)CCC(N)=O. The Labute approximate surface area is 86.3 Å². The lowest BCUT2D eigenvalue weighted by atomic mass is 10.1. The zero-order chi connectivity index (χ0) is 9.78. The van der Waals surface area contributed by atoms with Crippen molar-refractivity contribution in [2.45, 2.75) is 31.6 Å². The molecule has 0 aromatic heterocycles. The quantitative estimate of drug-likeness (QED) is 0.770. The fraction of sp³-hybridized carbons (Fsp3) is 0.625. The molecule has 4 heteroatoms. The summed E-state index contributed by atoms with van der Waals surface area (Å²) in [5, 5.41) is 0. The van der Waals surface area contributed by atoms with Crippen molar-refractivity contribution in [1.29, 1.82) is 0 Å². The molecule has 0 heterocycles. The van der Waals surface area contributed by atoms with E-state index < -0.39 is 0 Å². The van der Waals surface area contributed by atoms with E-state index in [0.29, 0.717) is 12.8 Å². The molecule has 12 heavy (non-hydrogen) atoms. The zero-order valence-corrected chi connectivity index (χ0v) is 9.58. The number of hydrogen-bond acceptors (Lipinski definition) is 1. The first kappa shape index (κ1) is 12.0. The fourth-order valence-corrected chi connectivity index (χ4v) is 1.72. The van der Waals surface area contributed by atoms with Crippen LogP contribution >= 0.6 is 27.5 Å². The monoisotopic (exact) mass is 253 g/mol. The third kappa shape index (κ3) is 8.08. The van der Waals surface area contributed by atoms with E-state index in [0.717, 1.165) is 4.48 Å². The second kappa shape index (κ2) is 4.87. The third-order valence-electron chi connectivity index (χ3n) is 1.11. The molecule has 0 aromatic rings. The van der Waals surface area contributed by atoms with Crippen LogP contribution < -0.4 is 5.73 Å². The first-order chi connectivity index (χ1) is 5.31. The predicted molar refractivity (Wildman–Crippen MR) is 55.4 cm³/mol. The molecule has 0 aliphatic heterocycles. The van der Waals surface area contributed by atoms with Gasteiger partial charge in [0.25, 0.3) is 0 Å². The molecule has 0 unspecified atom stereocenters. The van der Waals surface area contributed by atoms with Crippen molar-refractivity contribution in [3.63, 3.8) is 0 Å². The second-order valence-corrected chi connectivity index (χ2v) is 5.11. The van der Waals surface area contributed by atoms with Gasteiger partial charge in [-0.1, -0.05) is 22.0 Å². The number of amides is 1. The van der Waals surface area contributed by atoms with Gasteiger partial charge in [-0.3, -0.25) is 4.79 Å². The lowest BCUT2D eigenvalue weighted by molar-refractivity contribution is -0.117. The maximum Gasteiger partial charge on any atom is 0.217 e. The third-order valence-corrected chi connectivity index (χ3v) is 1.84. The summed E-state index contributed by atoms with van der Waals surface area (Å²) in [6.45, 7) is 3.75. The van der Waals surface area contributed by atoms with Crippen LogP contribution in [0.3, 0.4) is 0 Å². The molecule has 2 nitrogen and oxygen atoms in total. The molecule has 0 bridgehead atoms. The molecular weight excluding hydrogens is 241 g/mol. The van der Waals surface area contributed by atoms with Crippen molar-refractivity contribution in [1.82, 2.24) is 0 Å². The van der Waals surface area contributed by atoms with Crippen molar-refractivity contribution in [2.75, 3.05) is 0 Å². The Kier molecular flexibility index (Phi) is 4.87. The molecule has 0 atom stereocenters. The van der Waals surface area contributed by atoms with Crippen LogP contribution in [0.5, 0.6) is 0 Å². The van der Waals surface area contributed by atoms with Crippen molar-refractivity contribution in [3.8, 4) is 0 Å². The van der Waals surface area contributed by atoms with E-state index in [2.05, 4.69) is 15.9 Å². The van der Waals surface area contributed by atoms with Gasteiger partial charge in [0.05, 0.1) is 4.87 Å². The smallest absolute Gasteiger partial charge is 0.217 e. The minimum atomic E-state index is -0.378. The van der Waals surface area contributed by atoms with E-state index in [1.54, 1.807) is 0 Å². The molecule has 1 amide bonds. The number of allylic oxidation sites excluding steroid dienone is 2. The van der Waals surface area contributed by atoms with Gasteiger partial charge in [0, 0.05) is 6.42 Å². The Balaban J connectivity index is 3.95. The molecule has 0 aromatic carbocycles. The Bertz CT molecular complexity index is 196. The highest BCUT2D eigenvalue weighted by atomic mass is 79.9. The number of halogens is 2. The average molecular weight is 255 g/mol. The summed E-state index contributed by atoms with van der Waals surface area (Å²) in [5.41, 5.74) is 4.98. The largest absolute Gasteiger partial charge is 0.370 e. The second-order valence-electron chi connectivity index (χ2n) is 3.12. The number of rotatable bonds is 4. The average Bonchev–Trinajstić information content (AvgIpc) is 1.79. The summed E-state index contributed by atoms with van der Waals surface area (Å²) in [6.07, 6.45) is 2.83. The van der Waals surface area contributed by atoms with Gasteiger partial charge in [0.2, 0.25) is 5.91 Å². The Morgan fingerprint density at radius 2 is 2.08 bits per heavy atom. The topological polar surface area (TPSA) is 43.1 Å². The molecule has 2 N–H and O–H groups in total. The summed E-state index contributed by atoms with van der Waals surface area (Å²) in [5.74, 6) is -0.298. The highest BCUT2D eigenvalue weighted by Gasteiger charge is 2.09. The predicted octanol–water partition coefficient (Wildman–Crippen LogP) is 2.55. The molecular formula is C8H13BrClNO. The van der Waals surface area contributed by atoms with E-state index in [-0.39, 0.29) is 10.8 Å². The van der Waals surface area contributed by atoms with Gasteiger partial charge >= 0.3 is 0 Å². The summed E-state index contributed by atoms with van der Waals surface area (Å²) in [7, 11) is 0. The van der Waals surface area contributed by atoms with Gasteiger partial charge in [-0.25, -0.2) is 0 Å². The highest BCUT2D eigenvalue weighted by molar-refractivity contribution is 9.11. The van der Waals surface area contributed by atoms with Crippen LogP contribution in [-0.4, -0.2) is 10.8 Å². The van der Waals surface area contributed by atoms with Gasteiger partial charge in [-0.2, -0.15) is 0 Å². The maximum atomic E-state index is 10.4. The fourth-order valence-electron chi connectivity index (χ4n) is 0.687. The molecule has 0 spiro atoms. The summed E-state index contributed by atoms with van der Waals surface area (Å²) in [4.78, 5) is 10.0. The van der Waals surface area contributed by atoms with Crippen LogP contribution in [0.4, 0.5) is 0 Å². The highest BCUT2D eigenvalue weighted by Crippen LogP contribution is 2.22. The van der Waals surface area contributed by atoms with Gasteiger partial charge in [0.15, 0.2) is 0 Å². The van der Waals surface area contributed by atoms with Crippen LogP contribution in [0.2, 0.25) is 0 Å². The van der Waals surface area contributed by atoms with Crippen LogP contribution in [0.25, 0.3) is 0 Å². The zero-order valence-electron chi connectivity index (χ0n) is 7.23. The first-order valence-corrected chi connectivity index (χ1v) is 4.83. The minimum Gasteiger partial charge on any atom is -0.370 e. The van der Waals surface area contributed by atoms with Crippen molar-refractivity contribution >= 4 is 33.4 Å². The first-order valence-electron chi connectivity index (χ1n) is 3.66. The molecule has 0 radical (unpaired) electrons. The molecule has 0 saturated carbocycles. The molecule has 0 aliphatic carbocycles. The number of primary amides is 1. The molecule has 0 fully saturated rings. The van der Waals surface area contributed by atoms with Crippen molar-refractivity contribution in [3.05, 3.63) is 10.6 Å². The molecule has 0 aliphatic rings. The number of nitrogens with two attached hydrogens (primary N) is 1. The Morgan fingerprint density at radius 1 is 1.58 bits per heavy atom. The minimum absolute atomic E-state index is 0.298. The Hall–Kier alpha value is -0.0200. The van der Waals surface area contributed by atoms with E-state index in [9.17, 15) is 4.79 Å². The summed E-state index contributed by atoms with van der Waals surface area (Å²) < 4.78 is 0.918. The van der Waals surface area contributed by atoms with Gasteiger partial charge in [-0.05, 0) is 24.8 Å². The lowest BCUT2D eigenvalue weighted by Crippen LogP contribution is -2.10. The van der Waals surface area contributed by atoms with Crippen LogP contribution in [0.15, 0.2) is 10.6 Å². The number of alkyl halides is 1. The molecule has 0 saturated heterocycles. The van der Waals surface area contributed by atoms with E-state index in [1.807, 2.05) is 19.9 Å². The van der Waals surface area contributed by atoms with Gasteiger partial charge < -0.3 is 5.73 Å². The van der Waals surface area contributed by atoms with Crippen LogP contribution in [0.1, 0.15) is 26.7 Å². The molecule has 70 valence electrons. The lowest BCUT2D eigenvalue weighted by Gasteiger charge is -2.10. The maximum absolute atomic E-state index is 10.4. The number of carbonyl (C=O) groups is 1. The van der Waals surface area contributed by atoms with E-state index in [1.165, 1.54) is 0 Å².